The minimum atomic E-state index is 0.0465. The van der Waals surface area contributed by atoms with Crippen molar-refractivity contribution in [3.8, 4) is 5.69 Å². The number of carbonyl (C=O) groups excluding carboxylic acids is 2. The van der Waals surface area contributed by atoms with Gasteiger partial charge in [-0.25, -0.2) is 0 Å². The Hall–Kier alpha value is -3.05. The number of nitrogens with one attached hydrogen (secondary N) is 1. The molecule has 172 valence electrons. The second kappa shape index (κ2) is 10.3. The Bertz CT molecular complexity index is 1130. The van der Waals surface area contributed by atoms with E-state index in [-0.39, 0.29) is 17.9 Å². The average Bonchev–Trinajstić information content (AvgIpc) is 3.12. The van der Waals surface area contributed by atoms with Crippen LogP contribution in [-0.2, 0) is 11.2 Å². The summed E-state index contributed by atoms with van der Waals surface area (Å²) in [6.07, 6.45) is 2.77. The van der Waals surface area contributed by atoms with Crippen molar-refractivity contribution in [2.45, 2.75) is 45.6 Å². The molecule has 33 heavy (non-hydrogen) atoms. The summed E-state index contributed by atoms with van der Waals surface area (Å²) in [5.74, 6) is 0.124. The third-order valence-corrected chi connectivity index (χ3v) is 6.59. The summed E-state index contributed by atoms with van der Waals surface area (Å²) in [4.78, 5) is 27.5. The molecule has 5 nitrogen and oxygen atoms in total. The van der Waals surface area contributed by atoms with Crippen LogP contribution in [0.15, 0.2) is 60.7 Å². The fraction of sp³-hybridized carbons (Fsp3) is 0.333. The smallest absolute Gasteiger partial charge is 0.255 e. The highest BCUT2D eigenvalue weighted by Gasteiger charge is 2.27. The molecule has 2 heterocycles. The molecule has 0 spiro atoms. The van der Waals surface area contributed by atoms with Crippen molar-refractivity contribution >= 4 is 23.4 Å². The van der Waals surface area contributed by atoms with Crippen LogP contribution in [0.4, 0.5) is 0 Å². The molecule has 0 atom stereocenters. The molecule has 0 aliphatic carbocycles. The van der Waals surface area contributed by atoms with Gasteiger partial charge < -0.3 is 14.8 Å². The monoisotopic (exact) mass is 463 g/mol. The molecule has 2 aromatic carbocycles. The molecule has 4 rings (SSSR count). The van der Waals surface area contributed by atoms with Crippen LogP contribution in [0.2, 0.25) is 5.02 Å². The lowest BCUT2D eigenvalue weighted by atomic mass is 10.0. The summed E-state index contributed by atoms with van der Waals surface area (Å²) in [7, 11) is 0. The zero-order chi connectivity index (χ0) is 23.4. The van der Waals surface area contributed by atoms with Crippen LogP contribution in [0.1, 0.15) is 46.6 Å². The number of aromatic nitrogens is 1. The van der Waals surface area contributed by atoms with Crippen molar-refractivity contribution in [2.24, 2.45) is 0 Å². The van der Waals surface area contributed by atoms with Gasteiger partial charge in [0.1, 0.15) is 0 Å². The van der Waals surface area contributed by atoms with Crippen molar-refractivity contribution in [3.63, 3.8) is 0 Å². The predicted octanol–water partition coefficient (Wildman–Crippen LogP) is 5.10. The fourth-order valence-electron chi connectivity index (χ4n) is 4.59. The molecule has 0 bridgehead atoms. The van der Waals surface area contributed by atoms with Crippen molar-refractivity contribution in [1.29, 1.82) is 0 Å². The summed E-state index contributed by atoms with van der Waals surface area (Å²) in [6, 6.07) is 19.8. The van der Waals surface area contributed by atoms with Gasteiger partial charge in [0.25, 0.3) is 5.91 Å². The lowest BCUT2D eigenvalue weighted by Crippen LogP contribution is -2.46. The van der Waals surface area contributed by atoms with Gasteiger partial charge in [-0.1, -0.05) is 48.0 Å². The molecule has 0 unspecified atom stereocenters. The molecule has 2 amide bonds. The van der Waals surface area contributed by atoms with Gasteiger partial charge in [0.15, 0.2) is 0 Å². The molecule has 0 saturated carbocycles. The second-order valence-electron chi connectivity index (χ2n) is 8.72. The largest absolute Gasteiger partial charge is 0.353 e. The molecule has 1 fully saturated rings. The number of aryl methyl sites for hydroxylation is 2. The van der Waals surface area contributed by atoms with Gasteiger partial charge in [-0.2, -0.15) is 0 Å². The van der Waals surface area contributed by atoms with E-state index in [4.69, 9.17) is 11.6 Å². The zero-order valence-electron chi connectivity index (χ0n) is 19.2. The molecule has 0 radical (unpaired) electrons. The number of hydrogen-bond donors (Lipinski definition) is 1. The maximum atomic E-state index is 13.3. The van der Waals surface area contributed by atoms with E-state index in [9.17, 15) is 9.59 Å². The number of nitrogens with zero attached hydrogens (tertiary/aromatic N) is 2. The Balaban J connectivity index is 1.33. The van der Waals surface area contributed by atoms with E-state index in [0.29, 0.717) is 24.5 Å². The van der Waals surface area contributed by atoms with Crippen LogP contribution in [0, 0.1) is 13.8 Å². The summed E-state index contributed by atoms with van der Waals surface area (Å²) in [5, 5.41) is 3.81. The van der Waals surface area contributed by atoms with E-state index >= 15 is 0 Å². The summed E-state index contributed by atoms with van der Waals surface area (Å²) in [5.41, 5.74) is 4.75. The van der Waals surface area contributed by atoms with Crippen LogP contribution in [0.25, 0.3) is 5.69 Å². The van der Waals surface area contributed by atoms with E-state index in [1.807, 2.05) is 79.4 Å². The third kappa shape index (κ3) is 5.48. The molecule has 1 saturated heterocycles. The number of piperidine rings is 1. The minimum Gasteiger partial charge on any atom is -0.353 e. The lowest BCUT2D eigenvalue weighted by Gasteiger charge is -2.32. The molecule has 6 heteroatoms. The second-order valence-corrected chi connectivity index (χ2v) is 9.16. The highest BCUT2D eigenvalue weighted by atomic mass is 35.5. The molecule has 1 aromatic heterocycles. The van der Waals surface area contributed by atoms with E-state index < -0.39 is 0 Å². The van der Waals surface area contributed by atoms with Gasteiger partial charge in [-0.15, -0.1) is 0 Å². The zero-order valence-corrected chi connectivity index (χ0v) is 19.9. The molecule has 1 N–H and O–H groups in total. The van der Waals surface area contributed by atoms with Crippen LogP contribution in [0.5, 0.6) is 0 Å². The van der Waals surface area contributed by atoms with Gasteiger partial charge in [0.05, 0.1) is 5.56 Å². The maximum Gasteiger partial charge on any atom is 0.255 e. The summed E-state index contributed by atoms with van der Waals surface area (Å²) in [6.45, 7) is 5.26. The van der Waals surface area contributed by atoms with Crippen molar-refractivity contribution in [1.82, 2.24) is 14.8 Å². The molecule has 3 aromatic rings. The van der Waals surface area contributed by atoms with E-state index in [1.165, 1.54) is 5.56 Å². The van der Waals surface area contributed by atoms with E-state index in [1.54, 1.807) is 0 Å². The first-order valence-corrected chi connectivity index (χ1v) is 11.9. The van der Waals surface area contributed by atoms with Crippen molar-refractivity contribution in [3.05, 3.63) is 88.2 Å². The molecular weight excluding hydrogens is 434 g/mol. The number of likely N-dealkylation sites (tertiary alicyclic amines) is 1. The summed E-state index contributed by atoms with van der Waals surface area (Å²) < 4.78 is 2.07. The van der Waals surface area contributed by atoms with E-state index in [2.05, 4.69) is 9.88 Å². The quantitative estimate of drug-likeness (QED) is 0.552. The summed E-state index contributed by atoms with van der Waals surface area (Å²) >= 11 is 6.17. The standard InChI is InChI=1S/C27H30ClN3O2/c1-19-17-25(20(2)31(19)24-10-6-9-22(28)18-24)27(33)30-15-13-23(14-16-30)29-26(32)12-11-21-7-4-3-5-8-21/h3-10,17-18,23H,11-16H2,1-2H3,(H,29,32). The Labute approximate surface area is 200 Å². The Morgan fingerprint density at radius 3 is 2.42 bits per heavy atom. The minimum absolute atomic E-state index is 0.0465. The van der Waals surface area contributed by atoms with Gasteiger partial charge >= 0.3 is 0 Å². The average molecular weight is 464 g/mol. The van der Waals surface area contributed by atoms with Crippen molar-refractivity contribution < 1.29 is 9.59 Å². The van der Waals surface area contributed by atoms with Gasteiger partial charge in [-0.05, 0) is 62.9 Å². The maximum absolute atomic E-state index is 13.3. The number of halogens is 1. The molecule has 1 aliphatic rings. The van der Waals surface area contributed by atoms with Gasteiger partial charge in [0, 0.05) is 47.7 Å². The molecular formula is C27H30ClN3O2. The van der Waals surface area contributed by atoms with Crippen LogP contribution in [-0.4, -0.2) is 40.4 Å². The normalized spacial score (nSPS) is 14.3. The fourth-order valence-corrected chi connectivity index (χ4v) is 4.78. The Kier molecular flexibility index (Phi) is 7.19. The van der Waals surface area contributed by atoms with Crippen molar-refractivity contribution in [2.75, 3.05) is 13.1 Å². The Morgan fingerprint density at radius 1 is 1.00 bits per heavy atom. The number of rotatable bonds is 6. The van der Waals surface area contributed by atoms with Crippen LogP contribution >= 0.6 is 11.6 Å². The molecule has 1 aliphatic heterocycles. The first kappa shape index (κ1) is 23.1. The van der Waals surface area contributed by atoms with Crippen LogP contribution < -0.4 is 5.32 Å². The topological polar surface area (TPSA) is 54.3 Å². The highest BCUT2D eigenvalue weighted by molar-refractivity contribution is 6.30. The first-order valence-electron chi connectivity index (χ1n) is 11.5. The van der Waals surface area contributed by atoms with Gasteiger partial charge in [-0.3, -0.25) is 9.59 Å². The van der Waals surface area contributed by atoms with Gasteiger partial charge in [0.2, 0.25) is 5.91 Å². The Morgan fingerprint density at radius 2 is 1.73 bits per heavy atom. The predicted molar refractivity (Wildman–Crippen MR) is 132 cm³/mol. The SMILES string of the molecule is Cc1cc(C(=O)N2CCC(NC(=O)CCc3ccccc3)CC2)c(C)n1-c1cccc(Cl)c1. The number of benzene rings is 2. The number of carbonyl (C=O) groups is 2. The lowest BCUT2D eigenvalue weighted by molar-refractivity contribution is -0.122. The number of hydrogen-bond acceptors (Lipinski definition) is 2. The highest BCUT2D eigenvalue weighted by Crippen LogP contribution is 2.25. The van der Waals surface area contributed by atoms with E-state index in [0.717, 1.165) is 41.9 Å². The van der Waals surface area contributed by atoms with Crippen LogP contribution in [0.3, 0.4) is 0 Å². The number of amides is 2. The first-order chi connectivity index (χ1) is 15.9. The third-order valence-electron chi connectivity index (χ3n) is 6.36.